The van der Waals surface area contributed by atoms with E-state index in [4.69, 9.17) is 0 Å². The van der Waals surface area contributed by atoms with Crippen LogP contribution in [0.3, 0.4) is 0 Å². The second-order valence-corrected chi connectivity index (χ2v) is 5.07. The van der Waals surface area contributed by atoms with Gasteiger partial charge in [0.1, 0.15) is 0 Å². The first kappa shape index (κ1) is 14.3. The van der Waals surface area contributed by atoms with Crippen molar-refractivity contribution in [2.24, 2.45) is 5.92 Å². The van der Waals surface area contributed by atoms with Crippen LogP contribution in [0.25, 0.3) is 0 Å². The quantitative estimate of drug-likeness (QED) is 0.879. The number of hydrogen-bond acceptors (Lipinski definition) is 2. The van der Waals surface area contributed by atoms with Gasteiger partial charge in [-0.25, -0.2) is 0 Å². The first-order chi connectivity index (χ1) is 9.60. The summed E-state index contributed by atoms with van der Waals surface area (Å²) in [6.45, 7) is 4.83. The van der Waals surface area contributed by atoms with Gasteiger partial charge in [-0.3, -0.25) is 9.48 Å². The van der Waals surface area contributed by atoms with E-state index in [9.17, 15) is 9.90 Å². The van der Waals surface area contributed by atoms with Gasteiger partial charge in [0.05, 0.1) is 12.1 Å². The Labute approximate surface area is 119 Å². The van der Waals surface area contributed by atoms with Crippen LogP contribution in [0.2, 0.25) is 0 Å². The monoisotopic (exact) mass is 272 g/mol. The number of aryl methyl sites for hydroxylation is 2. The van der Waals surface area contributed by atoms with Gasteiger partial charge in [0.15, 0.2) is 0 Å². The van der Waals surface area contributed by atoms with E-state index in [1.165, 1.54) is 0 Å². The molecule has 2 rings (SSSR count). The van der Waals surface area contributed by atoms with Gasteiger partial charge in [-0.1, -0.05) is 24.3 Å². The molecule has 0 aliphatic heterocycles. The summed E-state index contributed by atoms with van der Waals surface area (Å²) < 4.78 is 1.82. The van der Waals surface area contributed by atoms with Gasteiger partial charge >= 0.3 is 5.97 Å². The minimum atomic E-state index is -0.752. The number of carboxylic acid groups (broad SMARTS) is 1. The number of aliphatic carboxylic acids is 1. The molecule has 0 amide bonds. The highest BCUT2D eigenvalue weighted by atomic mass is 16.4. The van der Waals surface area contributed by atoms with E-state index in [1.807, 2.05) is 49.0 Å². The van der Waals surface area contributed by atoms with Crippen molar-refractivity contribution >= 4 is 5.97 Å². The molecule has 4 nitrogen and oxygen atoms in total. The fourth-order valence-electron chi connectivity index (χ4n) is 2.32. The summed E-state index contributed by atoms with van der Waals surface area (Å²) in [5, 5.41) is 13.6. The van der Waals surface area contributed by atoms with Crippen molar-refractivity contribution in [2.75, 3.05) is 0 Å². The molecule has 1 atom stereocenters. The molecule has 0 spiro atoms. The Hall–Kier alpha value is -2.10. The third kappa shape index (κ3) is 3.47. The van der Waals surface area contributed by atoms with Crippen molar-refractivity contribution in [1.82, 2.24) is 9.78 Å². The number of nitrogens with zero attached hydrogens (tertiary/aromatic N) is 2. The number of carboxylic acids is 1. The lowest BCUT2D eigenvalue weighted by Crippen LogP contribution is -2.19. The van der Waals surface area contributed by atoms with E-state index in [-0.39, 0.29) is 0 Å². The molecule has 4 heteroatoms. The summed E-state index contributed by atoms with van der Waals surface area (Å²) in [7, 11) is 0. The summed E-state index contributed by atoms with van der Waals surface area (Å²) in [6.07, 6.45) is 4.76. The highest BCUT2D eigenvalue weighted by molar-refractivity contribution is 5.71. The van der Waals surface area contributed by atoms with Gasteiger partial charge in [0.2, 0.25) is 0 Å². The molecule has 20 heavy (non-hydrogen) atoms. The predicted octanol–water partition coefficient (Wildman–Crippen LogP) is 2.70. The van der Waals surface area contributed by atoms with Crippen molar-refractivity contribution in [3.8, 4) is 0 Å². The molecule has 1 unspecified atom stereocenters. The summed E-state index contributed by atoms with van der Waals surface area (Å²) in [5.74, 6) is -1.16. The van der Waals surface area contributed by atoms with Crippen molar-refractivity contribution in [1.29, 1.82) is 0 Å². The topological polar surface area (TPSA) is 55.1 Å². The zero-order chi connectivity index (χ0) is 14.5. The SMILES string of the molecule is CCn1cc(CC(Cc2ccccc2C)C(=O)O)cn1. The van der Waals surface area contributed by atoms with Crippen LogP contribution in [0.15, 0.2) is 36.7 Å². The molecular weight excluding hydrogens is 252 g/mol. The molecule has 0 radical (unpaired) electrons. The third-order valence-electron chi connectivity index (χ3n) is 3.57. The van der Waals surface area contributed by atoms with E-state index in [1.54, 1.807) is 6.20 Å². The summed E-state index contributed by atoms with van der Waals surface area (Å²) >= 11 is 0. The molecule has 0 saturated heterocycles. The number of benzene rings is 1. The lowest BCUT2D eigenvalue weighted by molar-refractivity contribution is -0.141. The normalized spacial score (nSPS) is 12.3. The van der Waals surface area contributed by atoms with E-state index in [2.05, 4.69) is 5.10 Å². The zero-order valence-electron chi connectivity index (χ0n) is 11.9. The highest BCUT2D eigenvalue weighted by Gasteiger charge is 2.20. The molecule has 0 aliphatic rings. The van der Waals surface area contributed by atoms with Crippen LogP contribution in [0, 0.1) is 12.8 Å². The van der Waals surface area contributed by atoms with Crippen LogP contribution in [0.5, 0.6) is 0 Å². The van der Waals surface area contributed by atoms with Crippen LogP contribution in [0.4, 0.5) is 0 Å². The van der Waals surface area contributed by atoms with Crippen LogP contribution < -0.4 is 0 Å². The highest BCUT2D eigenvalue weighted by Crippen LogP contribution is 2.17. The molecule has 0 fully saturated rings. The van der Waals surface area contributed by atoms with Crippen LogP contribution >= 0.6 is 0 Å². The minimum Gasteiger partial charge on any atom is -0.481 e. The van der Waals surface area contributed by atoms with Crippen molar-refractivity contribution < 1.29 is 9.90 Å². The van der Waals surface area contributed by atoms with Crippen LogP contribution in [-0.4, -0.2) is 20.9 Å². The lowest BCUT2D eigenvalue weighted by Gasteiger charge is -2.13. The average molecular weight is 272 g/mol. The van der Waals surface area contributed by atoms with E-state index >= 15 is 0 Å². The Morgan fingerprint density at radius 2 is 2.10 bits per heavy atom. The second-order valence-electron chi connectivity index (χ2n) is 5.07. The standard InChI is InChI=1S/C16H20N2O2/c1-3-18-11-13(10-17-18)8-15(16(19)20)9-14-7-5-4-6-12(14)2/h4-7,10-11,15H,3,8-9H2,1-2H3,(H,19,20). The molecular formula is C16H20N2O2. The zero-order valence-corrected chi connectivity index (χ0v) is 11.9. The predicted molar refractivity (Wildman–Crippen MR) is 77.6 cm³/mol. The minimum absolute atomic E-state index is 0.411. The third-order valence-corrected chi connectivity index (χ3v) is 3.57. The maximum atomic E-state index is 11.5. The maximum absolute atomic E-state index is 11.5. The first-order valence-corrected chi connectivity index (χ1v) is 6.88. The molecule has 1 N–H and O–H groups in total. The molecule has 0 saturated carbocycles. The Bertz CT molecular complexity index is 590. The molecule has 1 heterocycles. The Morgan fingerprint density at radius 3 is 2.70 bits per heavy atom. The van der Waals surface area contributed by atoms with Crippen LogP contribution in [-0.2, 0) is 24.2 Å². The fourth-order valence-corrected chi connectivity index (χ4v) is 2.32. The molecule has 106 valence electrons. The molecule has 0 aliphatic carbocycles. The number of rotatable bonds is 6. The fraction of sp³-hybridized carbons (Fsp3) is 0.375. The average Bonchev–Trinajstić information content (AvgIpc) is 2.88. The smallest absolute Gasteiger partial charge is 0.307 e. The number of carbonyl (C=O) groups is 1. The summed E-state index contributed by atoms with van der Waals surface area (Å²) in [4.78, 5) is 11.5. The molecule has 2 aromatic rings. The summed E-state index contributed by atoms with van der Waals surface area (Å²) in [6, 6.07) is 7.94. The van der Waals surface area contributed by atoms with Gasteiger partial charge in [0, 0.05) is 12.7 Å². The Kier molecular flexibility index (Phi) is 4.56. The van der Waals surface area contributed by atoms with Gasteiger partial charge in [-0.2, -0.15) is 5.10 Å². The Balaban J connectivity index is 2.11. The maximum Gasteiger partial charge on any atom is 0.307 e. The Morgan fingerprint density at radius 1 is 1.35 bits per heavy atom. The van der Waals surface area contributed by atoms with Crippen LogP contribution in [0.1, 0.15) is 23.6 Å². The lowest BCUT2D eigenvalue weighted by atomic mass is 9.92. The van der Waals surface area contributed by atoms with Crippen molar-refractivity contribution in [2.45, 2.75) is 33.2 Å². The van der Waals surface area contributed by atoms with E-state index < -0.39 is 11.9 Å². The van der Waals surface area contributed by atoms with Gasteiger partial charge in [0.25, 0.3) is 0 Å². The number of hydrogen-bond donors (Lipinski definition) is 1. The van der Waals surface area contributed by atoms with Gasteiger partial charge in [-0.05, 0) is 43.4 Å². The molecule has 0 bridgehead atoms. The summed E-state index contributed by atoms with van der Waals surface area (Å²) in [5.41, 5.74) is 3.22. The molecule has 1 aromatic heterocycles. The van der Waals surface area contributed by atoms with Crippen molar-refractivity contribution in [3.05, 3.63) is 53.3 Å². The van der Waals surface area contributed by atoms with E-state index in [0.29, 0.717) is 12.8 Å². The second kappa shape index (κ2) is 6.37. The van der Waals surface area contributed by atoms with Gasteiger partial charge < -0.3 is 5.11 Å². The largest absolute Gasteiger partial charge is 0.481 e. The van der Waals surface area contributed by atoms with Gasteiger partial charge in [-0.15, -0.1) is 0 Å². The van der Waals surface area contributed by atoms with E-state index in [0.717, 1.165) is 23.2 Å². The number of aromatic nitrogens is 2. The first-order valence-electron chi connectivity index (χ1n) is 6.88. The van der Waals surface area contributed by atoms with Crippen molar-refractivity contribution in [3.63, 3.8) is 0 Å². The molecule has 1 aromatic carbocycles.